The number of nitrogens with zero attached hydrogens (tertiary/aromatic N) is 4. The molecule has 1 unspecified atom stereocenters. The number of urea groups is 1. The van der Waals surface area contributed by atoms with Gasteiger partial charge in [0.05, 0.1) is 11.3 Å². The molecule has 0 spiro atoms. The van der Waals surface area contributed by atoms with Crippen LogP contribution in [0, 0.1) is 0 Å². The zero-order valence-electron chi connectivity index (χ0n) is 14.4. The Labute approximate surface area is 156 Å². The van der Waals surface area contributed by atoms with E-state index in [4.69, 9.17) is 0 Å². The molecular formula is C19H21N5OS. The van der Waals surface area contributed by atoms with Crippen LogP contribution in [0.15, 0.2) is 54.6 Å². The summed E-state index contributed by atoms with van der Waals surface area (Å²) in [5.74, 6) is 0.365. The average Bonchev–Trinajstić information content (AvgIpc) is 3.40. The highest BCUT2D eigenvalue weighted by Crippen LogP contribution is 2.28. The van der Waals surface area contributed by atoms with Crippen LogP contribution < -0.4 is 5.32 Å². The Bertz CT molecular complexity index is 829. The van der Waals surface area contributed by atoms with Gasteiger partial charge in [-0.05, 0) is 30.5 Å². The quantitative estimate of drug-likeness (QED) is 0.768. The van der Waals surface area contributed by atoms with Crippen LogP contribution in [0.2, 0.25) is 0 Å². The molecule has 6 nitrogen and oxygen atoms in total. The molecule has 4 rings (SSSR count). The van der Waals surface area contributed by atoms with Crippen molar-refractivity contribution < 1.29 is 4.79 Å². The molecule has 0 aliphatic carbocycles. The van der Waals surface area contributed by atoms with Crippen molar-refractivity contribution >= 4 is 17.4 Å². The molecule has 2 aromatic heterocycles. The highest BCUT2D eigenvalue weighted by molar-refractivity contribution is 7.09. The van der Waals surface area contributed by atoms with E-state index in [-0.39, 0.29) is 6.03 Å². The van der Waals surface area contributed by atoms with Crippen LogP contribution in [0.5, 0.6) is 0 Å². The summed E-state index contributed by atoms with van der Waals surface area (Å²) < 4.78 is 1.95. The normalized spacial score (nSPS) is 17.2. The van der Waals surface area contributed by atoms with Gasteiger partial charge in [-0.2, -0.15) is 0 Å². The first kappa shape index (κ1) is 16.8. The monoisotopic (exact) mass is 367 g/mol. The predicted molar refractivity (Wildman–Crippen MR) is 101 cm³/mol. The van der Waals surface area contributed by atoms with E-state index < -0.39 is 0 Å². The predicted octanol–water partition coefficient (Wildman–Crippen LogP) is 3.42. The zero-order chi connectivity index (χ0) is 17.8. The van der Waals surface area contributed by atoms with Gasteiger partial charge >= 0.3 is 6.03 Å². The summed E-state index contributed by atoms with van der Waals surface area (Å²) in [4.78, 5) is 22.9. The third-order valence-electron chi connectivity index (χ3n) is 4.69. The van der Waals surface area contributed by atoms with Gasteiger partial charge in [-0.25, -0.2) is 14.8 Å². The van der Waals surface area contributed by atoms with Gasteiger partial charge in [0.15, 0.2) is 0 Å². The number of aromatic nitrogens is 3. The van der Waals surface area contributed by atoms with Crippen LogP contribution >= 0.6 is 11.3 Å². The van der Waals surface area contributed by atoms with Crippen molar-refractivity contribution in [2.24, 2.45) is 0 Å². The third-order valence-corrected chi connectivity index (χ3v) is 5.63. The van der Waals surface area contributed by atoms with Gasteiger partial charge in [0, 0.05) is 55.2 Å². The van der Waals surface area contributed by atoms with Crippen LogP contribution in [-0.4, -0.2) is 38.6 Å². The van der Waals surface area contributed by atoms with Crippen molar-refractivity contribution in [1.29, 1.82) is 0 Å². The van der Waals surface area contributed by atoms with E-state index in [0.29, 0.717) is 12.5 Å². The second-order valence-corrected chi connectivity index (χ2v) is 7.38. The van der Waals surface area contributed by atoms with Gasteiger partial charge in [0.1, 0.15) is 0 Å². The fourth-order valence-electron chi connectivity index (χ4n) is 3.29. The molecule has 134 valence electrons. The molecule has 0 radical (unpaired) electrons. The molecule has 3 heterocycles. The average molecular weight is 367 g/mol. The lowest BCUT2D eigenvalue weighted by Crippen LogP contribution is -2.44. The first-order chi connectivity index (χ1) is 12.8. The summed E-state index contributed by atoms with van der Waals surface area (Å²) in [6.07, 6.45) is 9.40. The number of hydrogen-bond donors (Lipinski definition) is 1. The molecule has 0 bridgehead atoms. The maximum atomic E-state index is 12.5. The van der Waals surface area contributed by atoms with Crippen molar-refractivity contribution in [3.05, 3.63) is 65.1 Å². The minimum absolute atomic E-state index is 0.00458. The van der Waals surface area contributed by atoms with Gasteiger partial charge in [-0.3, -0.25) is 0 Å². The topological polar surface area (TPSA) is 63.1 Å². The van der Waals surface area contributed by atoms with Gasteiger partial charge in [0.2, 0.25) is 0 Å². The Balaban J connectivity index is 1.32. The number of hydrogen-bond acceptors (Lipinski definition) is 4. The number of carbonyl (C=O) groups is 1. The van der Waals surface area contributed by atoms with Crippen LogP contribution in [0.1, 0.15) is 29.3 Å². The summed E-state index contributed by atoms with van der Waals surface area (Å²) in [7, 11) is 0. The molecule has 1 aliphatic heterocycles. The Morgan fingerprint density at radius 2 is 2.15 bits per heavy atom. The minimum atomic E-state index is 0.00458. The van der Waals surface area contributed by atoms with E-state index in [0.717, 1.165) is 42.2 Å². The number of nitrogens with one attached hydrogen (secondary N) is 1. The van der Waals surface area contributed by atoms with E-state index in [1.54, 1.807) is 23.9 Å². The zero-order valence-corrected chi connectivity index (χ0v) is 15.2. The minimum Gasteiger partial charge on any atom is -0.334 e. The molecule has 1 aliphatic rings. The molecule has 1 aromatic carbocycles. The number of rotatable bonds is 4. The van der Waals surface area contributed by atoms with E-state index in [1.807, 2.05) is 51.5 Å². The van der Waals surface area contributed by atoms with Crippen LogP contribution in [0.3, 0.4) is 0 Å². The number of likely N-dealkylation sites (tertiary alicyclic amines) is 1. The Hall–Kier alpha value is -2.67. The lowest BCUT2D eigenvalue weighted by molar-refractivity contribution is 0.179. The maximum absolute atomic E-state index is 12.5. The summed E-state index contributed by atoms with van der Waals surface area (Å²) in [5.41, 5.74) is 2.13. The lowest BCUT2D eigenvalue weighted by atomic mass is 9.99. The molecule has 1 fully saturated rings. The molecule has 1 N–H and O–H groups in total. The smallest absolute Gasteiger partial charge is 0.317 e. The largest absolute Gasteiger partial charge is 0.334 e. The third kappa shape index (κ3) is 3.77. The number of thiazole rings is 1. The Kier molecular flexibility index (Phi) is 4.97. The number of carbonyl (C=O) groups excluding carboxylic acids is 1. The molecule has 1 saturated heterocycles. The number of benzene rings is 1. The number of amides is 2. The van der Waals surface area contributed by atoms with Crippen molar-refractivity contribution in [1.82, 2.24) is 24.8 Å². The van der Waals surface area contributed by atoms with Crippen molar-refractivity contribution in [3.8, 4) is 5.69 Å². The van der Waals surface area contributed by atoms with Crippen molar-refractivity contribution in [3.63, 3.8) is 0 Å². The highest BCUT2D eigenvalue weighted by Gasteiger charge is 2.25. The van der Waals surface area contributed by atoms with Gasteiger partial charge in [-0.1, -0.05) is 12.1 Å². The Morgan fingerprint density at radius 1 is 1.27 bits per heavy atom. The number of imidazole rings is 1. The van der Waals surface area contributed by atoms with Crippen LogP contribution in [0.4, 0.5) is 4.79 Å². The van der Waals surface area contributed by atoms with E-state index in [2.05, 4.69) is 15.3 Å². The first-order valence-electron chi connectivity index (χ1n) is 8.79. The fourth-order valence-corrected chi connectivity index (χ4v) is 4.05. The molecule has 7 heteroatoms. The summed E-state index contributed by atoms with van der Waals surface area (Å²) in [6, 6.07) is 8.13. The van der Waals surface area contributed by atoms with E-state index >= 15 is 0 Å². The lowest BCUT2D eigenvalue weighted by Gasteiger charge is -2.31. The fraction of sp³-hybridized carbons (Fsp3) is 0.316. The SMILES string of the molecule is O=C(NCc1ccc(-n2ccnc2)cc1)N1CCCC(c2nccs2)C1. The van der Waals surface area contributed by atoms with Gasteiger partial charge < -0.3 is 14.8 Å². The van der Waals surface area contributed by atoms with E-state index in [1.165, 1.54) is 0 Å². The van der Waals surface area contributed by atoms with Crippen LogP contribution in [0.25, 0.3) is 5.69 Å². The standard InChI is InChI=1S/C19H21N5OS/c25-19(23-9-1-2-16(13-23)18-21-8-11-26-18)22-12-15-3-5-17(6-4-15)24-10-7-20-14-24/h3-8,10-11,14,16H,1-2,9,12-13H2,(H,22,25). The molecule has 2 amide bonds. The van der Waals surface area contributed by atoms with Crippen molar-refractivity contribution in [2.75, 3.05) is 13.1 Å². The second-order valence-electron chi connectivity index (χ2n) is 6.45. The summed E-state index contributed by atoms with van der Waals surface area (Å²) in [5, 5.41) is 6.18. The second kappa shape index (κ2) is 7.70. The van der Waals surface area contributed by atoms with Crippen LogP contribution in [-0.2, 0) is 6.54 Å². The molecule has 1 atom stereocenters. The first-order valence-corrected chi connectivity index (χ1v) is 9.67. The highest BCUT2D eigenvalue weighted by atomic mass is 32.1. The number of piperidine rings is 1. The Morgan fingerprint density at radius 3 is 2.88 bits per heavy atom. The summed E-state index contributed by atoms with van der Waals surface area (Å²) in [6.45, 7) is 2.09. The maximum Gasteiger partial charge on any atom is 0.317 e. The molecule has 26 heavy (non-hydrogen) atoms. The van der Waals surface area contributed by atoms with E-state index in [9.17, 15) is 4.79 Å². The van der Waals surface area contributed by atoms with Gasteiger partial charge in [-0.15, -0.1) is 11.3 Å². The van der Waals surface area contributed by atoms with Crippen molar-refractivity contribution in [2.45, 2.75) is 25.3 Å². The molecule has 0 saturated carbocycles. The van der Waals surface area contributed by atoms with Gasteiger partial charge in [0.25, 0.3) is 0 Å². The molecule has 3 aromatic rings. The summed E-state index contributed by atoms with van der Waals surface area (Å²) >= 11 is 1.68. The molecular weight excluding hydrogens is 346 g/mol.